The van der Waals surface area contributed by atoms with E-state index < -0.39 is 0 Å². The summed E-state index contributed by atoms with van der Waals surface area (Å²) in [6.45, 7) is 4.42. The van der Waals surface area contributed by atoms with Crippen molar-refractivity contribution in [3.63, 3.8) is 0 Å². The number of rotatable bonds is 4. The summed E-state index contributed by atoms with van der Waals surface area (Å²) >= 11 is 1.80. The van der Waals surface area contributed by atoms with Gasteiger partial charge in [0.05, 0.1) is 0 Å². The molecule has 0 N–H and O–H groups in total. The summed E-state index contributed by atoms with van der Waals surface area (Å²) in [5, 5.41) is 2.13. The standard InChI is InChI=1S/C20H20S/c1-3-5-16-7-9-17(10-8-16)18-11-12-19(15(2)14-18)20-6-4-13-21-20/h4,6-14H,3,5H2,1-2H3. The van der Waals surface area contributed by atoms with Crippen molar-refractivity contribution in [2.75, 3.05) is 0 Å². The Bertz CT molecular complexity index is 706. The Balaban J connectivity index is 1.91. The zero-order chi connectivity index (χ0) is 14.7. The molecular weight excluding hydrogens is 272 g/mol. The lowest BCUT2D eigenvalue weighted by atomic mass is 9.98. The van der Waals surface area contributed by atoms with Crippen LogP contribution in [-0.4, -0.2) is 0 Å². The van der Waals surface area contributed by atoms with Crippen molar-refractivity contribution in [1.82, 2.24) is 0 Å². The van der Waals surface area contributed by atoms with Crippen LogP contribution in [-0.2, 0) is 6.42 Å². The Kier molecular flexibility index (Phi) is 4.21. The average molecular weight is 292 g/mol. The smallest absolute Gasteiger partial charge is 0.0345 e. The second kappa shape index (κ2) is 6.28. The summed E-state index contributed by atoms with van der Waals surface area (Å²) in [5.41, 5.74) is 6.71. The van der Waals surface area contributed by atoms with E-state index in [4.69, 9.17) is 0 Å². The van der Waals surface area contributed by atoms with Crippen LogP contribution in [0.15, 0.2) is 60.0 Å². The van der Waals surface area contributed by atoms with Crippen molar-refractivity contribution >= 4 is 11.3 Å². The van der Waals surface area contributed by atoms with Crippen LogP contribution in [0.3, 0.4) is 0 Å². The van der Waals surface area contributed by atoms with Gasteiger partial charge in [-0.05, 0) is 52.6 Å². The van der Waals surface area contributed by atoms with Crippen molar-refractivity contribution < 1.29 is 0 Å². The lowest BCUT2D eigenvalue weighted by Gasteiger charge is -2.08. The van der Waals surface area contributed by atoms with E-state index in [0.717, 1.165) is 6.42 Å². The maximum atomic E-state index is 2.30. The molecule has 0 aliphatic rings. The summed E-state index contributed by atoms with van der Waals surface area (Å²) in [5.74, 6) is 0. The molecule has 0 amide bonds. The highest BCUT2D eigenvalue weighted by molar-refractivity contribution is 7.13. The lowest BCUT2D eigenvalue weighted by molar-refractivity contribution is 0.922. The normalized spacial score (nSPS) is 10.8. The molecule has 21 heavy (non-hydrogen) atoms. The lowest BCUT2D eigenvalue weighted by Crippen LogP contribution is -1.86. The largest absolute Gasteiger partial charge is 0.144 e. The Hall–Kier alpha value is -1.86. The Morgan fingerprint density at radius 1 is 0.905 bits per heavy atom. The van der Waals surface area contributed by atoms with Gasteiger partial charge in [-0.2, -0.15) is 0 Å². The summed E-state index contributed by atoms with van der Waals surface area (Å²) in [4.78, 5) is 1.34. The zero-order valence-corrected chi connectivity index (χ0v) is 13.4. The van der Waals surface area contributed by atoms with Gasteiger partial charge in [-0.25, -0.2) is 0 Å². The van der Waals surface area contributed by atoms with Gasteiger partial charge in [-0.15, -0.1) is 11.3 Å². The van der Waals surface area contributed by atoms with E-state index in [1.807, 2.05) is 0 Å². The van der Waals surface area contributed by atoms with E-state index in [2.05, 4.69) is 73.8 Å². The number of hydrogen-bond donors (Lipinski definition) is 0. The first kappa shape index (κ1) is 14.1. The highest BCUT2D eigenvalue weighted by Crippen LogP contribution is 2.31. The molecule has 0 radical (unpaired) electrons. The molecule has 2 aromatic carbocycles. The third-order valence-electron chi connectivity index (χ3n) is 3.84. The van der Waals surface area contributed by atoms with Crippen molar-refractivity contribution in [3.05, 3.63) is 71.1 Å². The molecule has 0 atom stereocenters. The quantitative estimate of drug-likeness (QED) is 0.526. The van der Waals surface area contributed by atoms with Gasteiger partial charge in [0, 0.05) is 4.88 Å². The molecule has 3 rings (SSSR count). The molecule has 106 valence electrons. The molecule has 1 heterocycles. The summed E-state index contributed by atoms with van der Waals surface area (Å²) < 4.78 is 0. The van der Waals surface area contributed by atoms with Crippen molar-refractivity contribution in [2.45, 2.75) is 26.7 Å². The van der Waals surface area contributed by atoms with Gasteiger partial charge in [0.25, 0.3) is 0 Å². The Morgan fingerprint density at radius 2 is 1.67 bits per heavy atom. The summed E-state index contributed by atoms with van der Waals surface area (Å²) in [6, 6.07) is 20.1. The van der Waals surface area contributed by atoms with Gasteiger partial charge < -0.3 is 0 Å². The second-order valence-electron chi connectivity index (χ2n) is 5.45. The zero-order valence-electron chi connectivity index (χ0n) is 12.6. The van der Waals surface area contributed by atoms with Crippen molar-refractivity contribution in [1.29, 1.82) is 0 Å². The van der Waals surface area contributed by atoms with Crippen LogP contribution in [0, 0.1) is 6.92 Å². The molecule has 0 unspecified atom stereocenters. The van der Waals surface area contributed by atoms with Crippen LogP contribution in [0.25, 0.3) is 21.6 Å². The van der Waals surface area contributed by atoms with Crippen LogP contribution in [0.1, 0.15) is 24.5 Å². The van der Waals surface area contributed by atoms with Crippen LogP contribution < -0.4 is 0 Å². The molecule has 0 aliphatic heterocycles. The molecule has 0 bridgehead atoms. The molecular formula is C20H20S. The predicted molar refractivity (Wildman–Crippen MR) is 93.9 cm³/mol. The maximum Gasteiger partial charge on any atom is 0.0345 e. The van der Waals surface area contributed by atoms with Gasteiger partial charge in [-0.1, -0.05) is 61.9 Å². The molecule has 0 nitrogen and oxygen atoms in total. The van der Waals surface area contributed by atoms with E-state index in [0.29, 0.717) is 0 Å². The summed E-state index contributed by atoms with van der Waals surface area (Å²) in [7, 11) is 0. The first-order valence-corrected chi connectivity index (χ1v) is 8.39. The van der Waals surface area contributed by atoms with Crippen LogP contribution in [0.4, 0.5) is 0 Å². The topological polar surface area (TPSA) is 0 Å². The van der Waals surface area contributed by atoms with Gasteiger partial charge in [0.1, 0.15) is 0 Å². The molecule has 1 aromatic heterocycles. The van der Waals surface area contributed by atoms with Gasteiger partial charge in [0.15, 0.2) is 0 Å². The monoisotopic (exact) mass is 292 g/mol. The van der Waals surface area contributed by atoms with E-state index >= 15 is 0 Å². The Morgan fingerprint density at radius 3 is 2.29 bits per heavy atom. The number of hydrogen-bond acceptors (Lipinski definition) is 1. The predicted octanol–water partition coefficient (Wildman–Crippen LogP) is 6.34. The van der Waals surface area contributed by atoms with E-state index in [9.17, 15) is 0 Å². The van der Waals surface area contributed by atoms with E-state index in [1.54, 1.807) is 11.3 Å². The minimum atomic E-state index is 1.16. The van der Waals surface area contributed by atoms with E-state index in [-0.39, 0.29) is 0 Å². The number of benzene rings is 2. The highest BCUT2D eigenvalue weighted by Gasteiger charge is 2.05. The van der Waals surface area contributed by atoms with Crippen LogP contribution in [0.5, 0.6) is 0 Å². The van der Waals surface area contributed by atoms with Crippen LogP contribution >= 0.6 is 11.3 Å². The maximum absolute atomic E-state index is 2.30. The van der Waals surface area contributed by atoms with Crippen molar-refractivity contribution in [2.24, 2.45) is 0 Å². The minimum absolute atomic E-state index is 1.16. The fourth-order valence-electron chi connectivity index (χ4n) is 2.70. The highest BCUT2D eigenvalue weighted by atomic mass is 32.1. The molecule has 0 saturated heterocycles. The summed E-state index contributed by atoms with van der Waals surface area (Å²) in [6.07, 6.45) is 2.37. The first-order valence-electron chi connectivity index (χ1n) is 7.52. The third-order valence-corrected chi connectivity index (χ3v) is 4.74. The van der Waals surface area contributed by atoms with Crippen molar-refractivity contribution in [3.8, 4) is 21.6 Å². The SMILES string of the molecule is CCCc1ccc(-c2ccc(-c3cccs3)c(C)c2)cc1. The second-order valence-corrected chi connectivity index (χ2v) is 6.40. The first-order chi connectivity index (χ1) is 10.3. The average Bonchev–Trinajstić information content (AvgIpc) is 3.02. The van der Waals surface area contributed by atoms with Gasteiger partial charge in [0.2, 0.25) is 0 Å². The molecule has 1 heteroatoms. The fraction of sp³-hybridized carbons (Fsp3) is 0.200. The minimum Gasteiger partial charge on any atom is -0.144 e. The third kappa shape index (κ3) is 3.08. The van der Waals surface area contributed by atoms with E-state index in [1.165, 1.54) is 39.1 Å². The van der Waals surface area contributed by atoms with Gasteiger partial charge in [-0.3, -0.25) is 0 Å². The number of thiophene rings is 1. The molecule has 3 aromatic rings. The number of aryl methyl sites for hydroxylation is 2. The Labute approximate surface area is 131 Å². The molecule has 0 fully saturated rings. The fourth-order valence-corrected chi connectivity index (χ4v) is 3.52. The van der Waals surface area contributed by atoms with Crippen LogP contribution in [0.2, 0.25) is 0 Å². The molecule has 0 aliphatic carbocycles. The van der Waals surface area contributed by atoms with Gasteiger partial charge >= 0.3 is 0 Å². The molecule has 0 saturated carbocycles. The molecule has 0 spiro atoms.